The van der Waals surface area contributed by atoms with E-state index in [-0.39, 0.29) is 31.2 Å². The number of aryl methyl sites for hydroxylation is 2. The standard InChI is InChI=1S/C25H30Br2ClN2O4P/c1-3-33-35(32,34-4-2)15-22(31)30-9-7-16(8-10-30)24-23-17(12-20(28)13-21(23)27)5-6-18-11-19(26)14-29-25(18)24/h11-14,16,24H,3-10,15H2,1-2H3/t24-/m1/s1. The van der Waals surface area contributed by atoms with Crippen molar-refractivity contribution in [1.29, 1.82) is 0 Å². The minimum atomic E-state index is -3.42. The molecule has 0 spiro atoms. The molecular formula is C25H30Br2ClN2O4P. The molecule has 2 heterocycles. The van der Waals surface area contributed by atoms with Crippen molar-refractivity contribution in [1.82, 2.24) is 9.88 Å². The van der Waals surface area contributed by atoms with Crippen LogP contribution < -0.4 is 0 Å². The third-order valence-corrected chi connectivity index (χ3v) is 10.0. The summed E-state index contributed by atoms with van der Waals surface area (Å²) < 4.78 is 25.5. The maximum Gasteiger partial charge on any atom is 0.340 e. The molecule has 4 rings (SSSR count). The van der Waals surface area contributed by atoms with Gasteiger partial charge >= 0.3 is 7.60 Å². The molecule has 35 heavy (non-hydrogen) atoms. The summed E-state index contributed by atoms with van der Waals surface area (Å²) in [5, 5.41) is 0.725. The molecule has 0 bridgehead atoms. The van der Waals surface area contributed by atoms with Crippen LogP contribution in [0.2, 0.25) is 5.02 Å². The van der Waals surface area contributed by atoms with Crippen LogP contribution in [0.25, 0.3) is 0 Å². The molecule has 1 amide bonds. The number of carbonyl (C=O) groups excluding carboxylic acids is 1. The van der Waals surface area contributed by atoms with E-state index in [1.54, 1.807) is 18.7 Å². The predicted octanol–water partition coefficient (Wildman–Crippen LogP) is 7.00. The molecule has 6 nitrogen and oxygen atoms in total. The zero-order valence-electron chi connectivity index (χ0n) is 19.9. The number of rotatable bonds is 7. The van der Waals surface area contributed by atoms with Gasteiger partial charge < -0.3 is 13.9 Å². The number of amides is 1. The van der Waals surface area contributed by atoms with E-state index in [4.69, 9.17) is 25.6 Å². The van der Waals surface area contributed by atoms with Gasteiger partial charge in [0.15, 0.2) is 0 Å². The fourth-order valence-electron chi connectivity index (χ4n) is 5.30. The lowest BCUT2D eigenvalue weighted by Gasteiger charge is -2.37. The van der Waals surface area contributed by atoms with Crippen molar-refractivity contribution in [3.63, 3.8) is 0 Å². The first-order chi connectivity index (χ1) is 16.7. The quantitative estimate of drug-likeness (QED) is 0.303. The molecule has 1 aromatic heterocycles. The first kappa shape index (κ1) is 27.3. The van der Waals surface area contributed by atoms with Crippen LogP contribution >= 0.6 is 51.1 Å². The van der Waals surface area contributed by atoms with Gasteiger partial charge in [-0.05, 0) is 96.3 Å². The lowest BCUT2D eigenvalue weighted by molar-refractivity contribution is -0.130. The number of likely N-dealkylation sites (tertiary alicyclic amines) is 1. The summed E-state index contributed by atoms with van der Waals surface area (Å²) >= 11 is 13.8. The van der Waals surface area contributed by atoms with E-state index in [1.807, 2.05) is 12.3 Å². The summed E-state index contributed by atoms with van der Waals surface area (Å²) in [6, 6.07) is 6.22. The second-order valence-corrected chi connectivity index (χ2v) is 13.2. The zero-order chi connectivity index (χ0) is 25.2. The van der Waals surface area contributed by atoms with E-state index >= 15 is 0 Å². The van der Waals surface area contributed by atoms with E-state index in [1.165, 1.54) is 16.7 Å². The average molecular weight is 649 g/mol. The molecule has 1 atom stereocenters. The number of hydrogen-bond donors (Lipinski definition) is 0. The van der Waals surface area contributed by atoms with Gasteiger partial charge in [0.25, 0.3) is 0 Å². The smallest absolute Gasteiger partial charge is 0.340 e. The molecule has 1 fully saturated rings. The average Bonchev–Trinajstić information content (AvgIpc) is 2.96. The molecule has 0 radical (unpaired) electrons. The van der Waals surface area contributed by atoms with Crippen molar-refractivity contribution in [2.45, 2.75) is 45.4 Å². The molecule has 0 N–H and O–H groups in total. The van der Waals surface area contributed by atoms with Gasteiger partial charge in [0.05, 0.1) is 18.9 Å². The normalized spacial score (nSPS) is 18.7. The summed E-state index contributed by atoms with van der Waals surface area (Å²) in [7, 11) is -3.42. The van der Waals surface area contributed by atoms with Crippen LogP contribution in [0.3, 0.4) is 0 Å². The van der Waals surface area contributed by atoms with Gasteiger partial charge in [-0.1, -0.05) is 27.5 Å². The molecule has 1 aromatic carbocycles. The van der Waals surface area contributed by atoms with Crippen molar-refractivity contribution in [3.8, 4) is 0 Å². The Morgan fingerprint density at radius 3 is 2.43 bits per heavy atom. The molecule has 2 aliphatic rings. The highest BCUT2D eigenvalue weighted by atomic mass is 79.9. The van der Waals surface area contributed by atoms with Crippen LogP contribution in [-0.2, 0) is 31.2 Å². The Morgan fingerprint density at radius 2 is 1.77 bits per heavy atom. The highest BCUT2D eigenvalue weighted by Gasteiger charge is 2.37. The second kappa shape index (κ2) is 11.7. The summed E-state index contributed by atoms with van der Waals surface area (Å²) in [6.45, 7) is 5.20. The number of piperidine rings is 1. The molecule has 190 valence electrons. The molecule has 1 aliphatic heterocycles. The molecule has 10 heteroatoms. The molecular weight excluding hydrogens is 619 g/mol. The number of benzene rings is 1. The van der Waals surface area contributed by atoms with Crippen molar-refractivity contribution in [3.05, 3.63) is 60.7 Å². The van der Waals surface area contributed by atoms with E-state index < -0.39 is 7.60 Å². The Kier molecular flexibility index (Phi) is 9.15. The van der Waals surface area contributed by atoms with Gasteiger partial charge in [0.2, 0.25) is 5.91 Å². The molecule has 0 unspecified atom stereocenters. The van der Waals surface area contributed by atoms with Gasteiger partial charge in [0, 0.05) is 39.2 Å². The molecule has 2 aromatic rings. The highest BCUT2D eigenvalue weighted by Crippen LogP contribution is 2.49. The fourth-order valence-corrected chi connectivity index (χ4v) is 8.37. The number of carbonyl (C=O) groups is 1. The van der Waals surface area contributed by atoms with Crippen LogP contribution in [0, 0.1) is 5.92 Å². The van der Waals surface area contributed by atoms with Crippen LogP contribution in [0.15, 0.2) is 33.3 Å². The zero-order valence-corrected chi connectivity index (χ0v) is 24.8. The number of pyridine rings is 1. The van der Waals surface area contributed by atoms with Crippen molar-refractivity contribution in [2.24, 2.45) is 5.92 Å². The van der Waals surface area contributed by atoms with E-state index in [2.05, 4.69) is 44.0 Å². The third-order valence-electron chi connectivity index (χ3n) is 6.76. The maximum atomic E-state index is 13.0. The Labute approximate surface area is 228 Å². The number of fused-ring (bicyclic) bond motifs is 2. The number of nitrogens with zero attached hydrogens (tertiary/aromatic N) is 2. The lowest BCUT2D eigenvalue weighted by atomic mass is 9.76. The van der Waals surface area contributed by atoms with Gasteiger partial charge in [-0.25, -0.2) is 0 Å². The van der Waals surface area contributed by atoms with Crippen molar-refractivity contribution in [2.75, 3.05) is 32.5 Å². The Bertz CT molecular complexity index is 1130. The monoisotopic (exact) mass is 646 g/mol. The van der Waals surface area contributed by atoms with Gasteiger partial charge in [-0.2, -0.15) is 0 Å². The highest BCUT2D eigenvalue weighted by molar-refractivity contribution is 9.10. The summed E-state index contributed by atoms with van der Waals surface area (Å²) in [5.74, 6) is 0.245. The van der Waals surface area contributed by atoms with Crippen molar-refractivity contribution >= 4 is 57.0 Å². The largest absolute Gasteiger partial charge is 0.342 e. The van der Waals surface area contributed by atoms with Gasteiger partial charge in [0.1, 0.15) is 6.16 Å². The van der Waals surface area contributed by atoms with Gasteiger partial charge in [-0.3, -0.25) is 14.3 Å². The number of aromatic nitrogens is 1. The first-order valence-electron chi connectivity index (χ1n) is 12.0. The minimum absolute atomic E-state index is 0.109. The van der Waals surface area contributed by atoms with E-state index in [9.17, 15) is 9.36 Å². The summed E-state index contributed by atoms with van der Waals surface area (Å²) in [6.07, 6.45) is 5.12. The van der Waals surface area contributed by atoms with Crippen LogP contribution in [0.1, 0.15) is 55.0 Å². The lowest BCUT2D eigenvalue weighted by Crippen LogP contribution is -2.41. The maximum absolute atomic E-state index is 13.0. The topological polar surface area (TPSA) is 68.7 Å². The van der Waals surface area contributed by atoms with Crippen LogP contribution in [0.4, 0.5) is 0 Å². The predicted molar refractivity (Wildman–Crippen MR) is 145 cm³/mol. The number of hydrogen-bond acceptors (Lipinski definition) is 5. The van der Waals surface area contributed by atoms with E-state index in [0.717, 1.165) is 45.3 Å². The Hall–Kier alpha value is -0.760. The van der Waals surface area contributed by atoms with Crippen molar-refractivity contribution < 1.29 is 18.4 Å². The summed E-state index contributed by atoms with van der Waals surface area (Å²) in [4.78, 5) is 19.7. The Morgan fingerprint density at radius 1 is 1.11 bits per heavy atom. The van der Waals surface area contributed by atoms with E-state index in [0.29, 0.717) is 19.0 Å². The SMILES string of the molecule is CCOP(=O)(CC(=O)N1CCC([C@H]2c3ncc(Br)cc3CCc3cc(Cl)cc(Br)c32)CC1)OCC. The third kappa shape index (κ3) is 6.22. The van der Waals surface area contributed by atoms with Crippen LogP contribution in [0.5, 0.6) is 0 Å². The fraction of sp³-hybridized carbons (Fsp3) is 0.520. The molecule has 1 aliphatic carbocycles. The minimum Gasteiger partial charge on any atom is -0.342 e. The molecule has 1 saturated heterocycles. The number of halogens is 3. The molecule has 0 saturated carbocycles. The van der Waals surface area contributed by atoms with Crippen LogP contribution in [-0.4, -0.2) is 48.3 Å². The Balaban J connectivity index is 1.58. The summed E-state index contributed by atoms with van der Waals surface area (Å²) in [5.41, 5.74) is 4.86. The first-order valence-corrected chi connectivity index (χ1v) is 15.7. The van der Waals surface area contributed by atoms with Gasteiger partial charge in [-0.15, -0.1) is 0 Å². The second-order valence-electron chi connectivity index (χ2n) is 8.96.